The normalized spacial score (nSPS) is 13.9. The Bertz CT molecular complexity index is 2080. The van der Waals surface area contributed by atoms with Crippen molar-refractivity contribution in [2.75, 3.05) is 55.9 Å². The molecule has 3 aromatic carbocycles. The third-order valence-corrected chi connectivity index (χ3v) is 9.84. The zero-order valence-electron chi connectivity index (χ0n) is 26.4. The molecule has 1 aliphatic heterocycles. The Morgan fingerprint density at radius 2 is 1.81 bits per heavy atom. The summed E-state index contributed by atoms with van der Waals surface area (Å²) in [6.07, 6.45) is 6.23. The number of methoxy groups -OCH3 is 1. The number of nitrogen functional groups attached to an aromatic ring is 1. The molecular weight excluding hydrogens is 607 g/mol. The van der Waals surface area contributed by atoms with Gasteiger partial charge in [0.05, 0.1) is 12.8 Å². The number of amides is 1. The topological polar surface area (TPSA) is 101 Å². The minimum atomic E-state index is -0.243. The number of para-hydroxylation sites is 2. The van der Waals surface area contributed by atoms with Gasteiger partial charge in [-0.25, -0.2) is 4.98 Å². The first kappa shape index (κ1) is 30.3. The number of benzene rings is 3. The second-order valence-electron chi connectivity index (χ2n) is 11.6. The summed E-state index contributed by atoms with van der Waals surface area (Å²) in [6, 6.07) is 26.2. The van der Waals surface area contributed by atoms with E-state index in [0.717, 1.165) is 70.4 Å². The molecule has 4 heterocycles. The second kappa shape index (κ2) is 13.2. The van der Waals surface area contributed by atoms with Crippen LogP contribution in [0, 0.1) is 0 Å². The molecule has 0 aliphatic carbocycles. The van der Waals surface area contributed by atoms with Crippen molar-refractivity contribution in [3.8, 4) is 16.9 Å². The van der Waals surface area contributed by atoms with E-state index in [9.17, 15) is 4.79 Å². The molecule has 1 saturated heterocycles. The number of anilines is 3. The van der Waals surface area contributed by atoms with E-state index in [1.165, 1.54) is 5.69 Å². The highest BCUT2D eigenvalue weighted by atomic mass is 32.1. The number of nitrogens with zero attached hydrogens (tertiary/aromatic N) is 4. The molecule has 1 aliphatic rings. The number of thiophene rings is 1. The smallest absolute Gasteiger partial charge is 0.286 e. The number of nitrogens with one attached hydrogen (secondary N) is 2. The molecule has 1 fully saturated rings. The van der Waals surface area contributed by atoms with Gasteiger partial charge in [0, 0.05) is 83.8 Å². The molecule has 47 heavy (non-hydrogen) atoms. The maximum atomic E-state index is 13.0. The van der Waals surface area contributed by atoms with Crippen LogP contribution in [0.15, 0.2) is 96.5 Å². The van der Waals surface area contributed by atoms with Gasteiger partial charge in [-0.2, -0.15) is 0 Å². The van der Waals surface area contributed by atoms with Crippen molar-refractivity contribution < 1.29 is 9.53 Å². The molecule has 6 aromatic rings. The first-order valence-corrected chi connectivity index (χ1v) is 16.5. The van der Waals surface area contributed by atoms with E-state index >= 15 is 0 Å². The largest absolute Gasteiger partial charge is 0.494 e. The molecule has 0 radical (unpaired) electrons. The Morgan fingerprint density at radius 1 is 1.02 bits per heavy atom. The summed E-state index contributed by atoms with van der Waals surface area (Å²) in [5, 5.41) is 4.06. The van der Waals surface area contributed by atoms with Crippen molar-refractivity contribution in [3.63, 3.8) is 0 Å². The average Bonchev–Trinajstić information content (AvgIpc) is 3.71. The van der Waals surface area contributed by atoms with Gasteiger partial charge in [-0.1, -0.05) is 54.6 Å². The summed E-state index contributed by atoms with van der Waals surface area (Å²) < 4.78 is 8.70. The zero-order valence-corrected chi connectivity index (χ0v) is 27.3. The number of nitrogens with two attached hydrogens (primary N) is 1. The molecule has 3 aromatic heterocycles. The van der Waals surface area contributed by atoms with Crippen molar-refractivity contribution in [2.45, 2.75) is 0 Å². The number of piperazine rings is 1. The Kier molecular flexibility index (Phi) is 8.52. The Morgan fingerprint density at radius 3 is 2.60 bits per heavy atom. The van der Waals surface area contributed by atoms with Gasteiger partial charge in [0.2, 0.25) is 0 Å². The third-order valence-electron chi connectivity index (χ3n) is 8.81. The summed E-state index contributed by atoms with van der Waals surface area (Å²) >= 11 is 1.66. The van der Waals surface area contributed by atoms with Crippen LogP contribution in [0.4, 0.5) is 17.2 Å². The van der Waals surface area contributed by atoms with E-state index in [4.69, 9.17) is 10.5 Å². The Balaban J connectivity index is 1.04. The lowest BCUT2D eigenvalue weighted by atomic mass is 10.0. The summed E-state index contributed by atoms with van der Waals surface area (Å²) in [7, 11) is 3.50. The number of rotatable bonds is 9. The van der Waals surface area contributed by atoms with Crippen LogP contribution in [-0.4, -0.2) is 60.2 Å². The molecule has 0 saturated carbocycles. The van der Waals surface area contributed by atoms with Crippen LogP contribution in [0.3, 0.4) is 0 Å². The number of hydrazine groups is 1. The monoisotopic (exact) mass is 643 g/mol. The van der Waals surface area contributed by atoms with Gasteiger partial charge in [-0.05, 0) is 47.3 Å². The van der Waals surface area contributed by atoms with Crippen LogP contribution in [-0.2, 0) is 7.05 Å². The molecule has 9 nitrogen and oxygen atoms in total. The summed E-state index contributed by atoms with van der Waals surface area (Å²) in [4.78, 5) is 22.5. The highest BCUT2D eigenvalue weighted by molar-refractivity contribution is 7.18. The number of ether oxygens (including phenoxy) is 1. The van der Waals surface area contributed by atoms with E-state index in [1.54, 1.807) is 18.4 Å². The highest BCUT2D eigenvalue weighted by Crippen LogP contribution is 2.41. The number of hydrogen-bond donors (Lipinski definition) is 3. The van der Waals surface area contributed by atoms with Crippen molar-refractivity contribution in [1.82, 2.24) is 19.9 Å². The van der Waals surface area contributed by atoms with Crippen LogP contribution in [0.1, 0.15) is 16.1 Å². The molecule has 7 rings (SSSR count). The van der Waals surface area contributed by atoms with E-state index in [1.807, 2.05) is 66.3 Å². The number of pyridine rings is 1. The molecule has 0 bridgehead atoms. The van der Waals surface area contributed by atoms with Gasteiger partial charge in [-0.15, -0.1) is 11.3 Å². The van der Waals surface area contributed by atoms with Gasteiger partial charge >= 0.3 is 0 Å². The molecule has 4 N–H and O–H groups in total. The molecule has 0 unspecified atom stereocenters. The van der Waals surface area contributed by atoms with Gasteiger partial charge in [0.15, 0.2) is 0 Å². The van der Waals surface area contributed by atoms with Crippen LogP contribution in [0.2, 0.25) is 0 Å². The molecule has 1 amide bonds. The van der Waals surface area contributed by atoms with Crippen LogP contribution >= 0.6 is 11.3 Å². The Labute approximate surface area is 277 Å². The minimum Gasteiger partial charge on any atom is -0.494 e. The lowest BCUT2D eigenvalue weighted by molar-refractivity contribution is 0.0955. The standard InChI is InChI=1S/C37H37N7O2S/c1-42-31-13-7-6-9-26(31)21-32(42)37(45)41-40-30-15-14-25(22-33(30)46-2)29-24-47-35-27(23-39-36(38)34(29)35)10-8-16-43-17-19-44(20-18-43)28-11-4-3-5-12-28/h3-15,21-24,40H,16-20H2,1-2H3,(H2,38,39)(H,41,45)/b10-8+. The molecule has 0 atom stereocenters. The van der Waals surface area contributed by atoms with Gasteiger partial charge in [0.1, 0.15) is 17.3 Å². The van der Waals surface area contributed by atoms with E-state index in [0.29, 0.717) is 22.9 Å². The van der Waals surface area contributed by atoms with Crippen molar-refractivity contribution >= 4 is 61.5 Å². The minimum absolute atomic E-state index is 0.243. The number of aryl methyl sites for hydroxylation is 1. The number of hydrogen-bond acceptors (Lipinski definition) is 8. The van der Waals surface area contributed by atoms with E-state index in [2.05, 4.69) is 73.5 Å². The van der Waals surface area contributed by atoms with Crippen molar-refractivity contribution in [3.05, 3.63) is 108 Å². The fourth-order valence-electron chi connectivity index (χ4n) is 6.23. The molecule has 238 valence electrons. The van der Waals surface area contributed by atoms with Gasteiger partial charge in [0.25, 0.3) is 5.91 Å². The first-order valence-electron chi connectivity index (χ1n) is 15.6. The van der Waals surface area contributed by atoms with Crippen molar-refractivity contribution in [2.24, 2.45) is 7.05 Å². The zero-order chi connectivity index (χ0) is 32.3. The fraction of sp³-hybridized carbons (Fsp3) is 0.189. The maximum absolute atomic E-state index is 13.0. The third kappa shape index (κ3) is 6.13. The van der Waals surface area contributed by atoms with Gasteiger partial charge < -0.3 is 19.9 Å². The number of carbonyl (C=O) groups excluding carboxylic acids is 1. The van der Waals surface area contributed by atoms with Crippen LogP contribution in [0.5, 0.6) is 5.75 Å². The predicted octanol–water partition coefficient (Wildman–Crippen LogP) is 6.64. The quantitative estimate of drug-likeness (QED) is 0.152. The lowest BCUT2D eigenvalue weighted by Crippen LogP contribution is -2.46. The Hall–Kier alpha value is -5.32. The molecular formula is C37H37N7O2S. The molecule has 10 heteroatoms. The second-order valence-corrected chi connectivity index (χ2v) is 12.5. The number of carbonyl (C=O) groups is 1. The lowest BCUT2D eigenvalue weighted by Gasteiger charge is -2.35. The van der Waals surface area contributed by atoms with Crippen molar-refractivity contribution in [1.29, 1.82) is 0 Å². The summed E-state index contributed by atoms with van der Waals surface area (Å²) in [6.45, 7) is 4.98. The predicted molar refractivity (Wildman–Crippen MR) is 194 cm³/mol. The SMILES string of the molecule is COc1cc(-c2csc3c(/C=C/CN4CCN(c5ccccc5)CC4)cnc(N)c23)ccc1NNC(=O)c1cc2ccccc2n1C. The maximum Gasteiger partial charge on any atom is 0.286 e. The number of aromatic nitrogens is 2. The highest BCUT2D eigenvalue weighted by Gasteiger charge is 2.18. The van der Waals surface area contributed by atoms with Gasteiger partial charge in [-0.3, -0.25) is 20.5 Å². The fourth-order valence-corrected chi connectivity index (χ4v) is 7.31. The summed E-state index contributed by atoms with van der Waals surface area (Å²) in [5.74, 6) is 0.843. The number of fused-ring (bicyclic) bond motifs is 2. The van der Waals surface area contributed by atoms with Crippen LogP contribution in [0.25, 0.3) is 38.2 Å². The average molecular weight is 644 g/mol. The van der Waals surface area contributed by atoms with E-state index in [-0.39, 0.29) is 5.91 Å². The van der Waals surface area contributed by atoms with Crippen LogP contribution < -0.4 is 26.2 Å². The molecule has 0 spiro atoms. The summed E-state index contributed by atoms with van der Waals surface area (Å²) in [5.41, 5.74) is 18.8. The first-order chi connectivity index (χ1) is 23.0. The van der Waals surface area contributed by atoms with E-state index < -0.39 is 0 Å².